The van der Waals surface area contributed by atoms with Crippen LogP contribution in [0.1, 0.15) is 38.2 Å². The highest BCUT2D eigenvalue weighted by atomic mass is 16.1. The number of nitrogens with two attached hydrogens (primary N) is 1. The molecule has 6 nitrogen and oxygen atoms in total. The minimum absolute atomic E-state index is 0.000595. The molecular formula is C14H23N5O. The number of anilines is 2. The summed E-state index contributed by atoms with van der Waals surface area (Å²) in [5, 5.41) is 3.13. The smallest absolute Gasteiger partial charge is 0.220 e. The summed E-state index contributed by atoms with van der Waals surface area (Å²) in [5.74, 6) is 2.00. The van der Waals surface area contributed by atoms with Crippen molar-refractivity contribution >= 4 is 17.5 Å². The summed E-state index contributed by atoms with van der Waals surface area (Å²) in [7, 11) is 1.87. The molecule has 2 heterocycles. The molecule has 20 heavy (non-hydrogen) atoms. The summed E-state index contributed by atoms with van der Waals surface area (Å²) >= 11 is 0. The van der Waals surface area contributed by atoms with Crippen LogP contribution < -0.4 is 16.0 Å². The Balaban J connectivity index is 2.23. The maximum absolute atomic E-state index is 11.2. The second kappa shape index (κ2) is 6.07. The molecule has 0 radical (unpaired) electrons. The Kier molecular flexibility index (Phi) is 4.42. The molecule has 0 bridgehead atoms. The molecule has 1 saturated heterocycles. The van der Waals surface area contributed by atoms with Gasteiger partial charge >= 0.3 is 0 Å². The molecule has 1 aromatic rings. The molecule has 110 valence electrons. The first-order valence-corrected chi connectivity index (χ1v) is 7.11. The molecular weight excluding hydrogens is 254 g/mol. The first-order valence-electron chi connectivity index (χ1n) is 7.11. The van der Waals surface area contributed by atoms with Crippen LogP contribution in [0.15, 0.2) is 6.33 Å². The van der Waals surface area contributed by atoms with Crippen LogP contribution in [-0.2, 0) is 4.79 Å². The highest BCUT2D eigenvalue weighted by molar-refractivity contribution is 5.77. The summed E-state index contributed by atoms with van der Waals surface area (Å²) in [6.45, 7) is 5.90. The molecule has 0 atom stereocenters. The zero-order valence-electron chi connectivity index (χ0n) is 12.4. The van der Waals surface area contributed by atoms with Crippen LogP contribution in [0.4, 0.5) is 11.6 Å². The van der Waals surface area contributed by atoms with Crippen LogP contribution >= 0.6 is 0 Å². The number of nitrogens with one attached hydrogen (secondary N) is 1. The lowest BCUT2D eigenvalue weighted by molar-refractivity contribution is -0.122. The van der Waals surface area contributed by atoms with Gasteiger partial charge in [0.25, 0.3) is 0 Å². The molecule has 0 aromatic carbocycles. The minimum atomic E-state index is -0.188. The molecule has 3 N–H and O–H groups in total. The molecule has 1 aliphatic rings. The number of aromatic nitrogens is 2. The Labute approximate surface area is 119 Å². The van der Waals surface area contributed by atoms with Gasteiger partial charge in [0.1, 0.15) is 18.0 Å². The van der Waals surface area contributed by atoms with E-state index in [1.807, 2.05) is 7.05 Å². The fraction of sp³-hybridized carbons (Fsp3) is 0.643. The molecule has 6 heteroatoms. The van der Waals surface area contributed by atoms with Gasteiger partial charge in [0, 0.05) is 31.6 Å². The quantitative estimate of drug-likeness (QED) is 0.867. The molecule has 1 aromatic heterocycles. The van der Waals surface area contributed by atoms with Gasteiger partial charge in [-0.2, -0.15) is 0 Å². The number of carbonyl (C=O) groups is 1. The Morgan fingerprint density at radius 3 is 2.55 bits per heavy atom. The topological polar surface area (TPSA) is 84.1 Å². The number of rotatable bonds is 4. The van der Waals surface area contributed by atoms with E-state index in [0.29, 0.717) is 5.92 Å². The van der Waals surface area contributed by atoms with Gasteiger partial charge < -0.3 is 16.0 Å². The first kappa shape index (κ1) is 14.6. The number of hydrogen-bond acceptors (Lipinski definition) is 5. The van der Waals surface area contributed by atoms with Crippen LogP contribution in [0.5, 0.6) is 0 Å². The predicted molar refractivity (Wildman–Crippen MR) is 79.8 cm³/mol. The highest BCUT2D eigenvalue weighted by Gasteiger charge is 2.26. The Morgan fingerprint density at radius 2 is 2.05 bits per heavy atom. The van der Waals surface area contributed by atoms with Crippen LogP contribution in [0, 0.1) is 5.92 Å². The van der Waals surface area contributed by atoms with Crippen molar-refractivity contribution in [1.82, 2.24) is 9.97 Å². The molecule has 1 aliphatic heterocycles. The Bertz CT molecular complexity index is 480. The highest BCUT2D eigenvalue weighted by Crippen LogP contribution is 2.32. The van der Waals surface area contributed by atoms with Crippen molar-refractivity contribution < 1.29 is 4.79 Å². The SMILES string of the molecule is CNc1ncnc(N2CCC(C(N)=O)CC2)c1C(C)C. The molecule has 0 unspecified atom stereocenters. The van der Waals surface area contributed by atoms with Gasteiger partial charge in [-0.3, -0.25) is 4.79 Å². The van der Waals surface area contributed by atoms with E-state index in [2.05, 4.69) is 34.0 Å². The van der Waals surface area contributed by atoms with E-state index in [1.165, 1.54) is 0 Å². The number of hydrogen-bond donors (Lipinski definition) is 2. The van der Waals surface area contributed by atoms with Crippen LogP contribution in [0.3, 0.4) is 0 Å². The summed E-state index contributed by atoms with van der Waals surface area (Å²) in [6.07, 6.45) is 3.19. The van der Waals surface area contributed by atoms with Crippen LogP contribution in [0.25, 0.3) is 0 Å². The van der Waals surface area contributed by atoms with E-state index in [-0.39, 0.29) is 11.8 Å². The van der Waals surface area contributed by atoms with Gasteiger partial charge in [-0.05, 0) is 18.8 Å². The van der Waals surface area contributed by atoms with Gasteiger partial charge in [0.15, 0.2) is 0 Å². The third-order valence-corrected chi connectivity index (χ3v) is 3.87. The Morgan fingerprint density at radius 1 is 1.40 bits per heavy atom. The van der Waals surface area contributed by atoms with Gasteiger partial charge in [0.05, 0.1) is 0 Å². The van der Waals surface area contributed by atoms with Crippen molar-refractivity contribution in [2.24, 2.45) is 11.7 Å². The molecule has 0 aliphatic carbocycles. The van der Waals surface area contributed by atoms with Crippen molar-refractivity contribution in [1.29, 1.82) is 0 Å². The monoisotopic (exact) mass is 277 g/mol. The van der Waals surface area contributed by atoms with Crippen molar-refractivity contribution in [3.05, 3.63) is 11.9 Å². The van der Waals surface area contributed by atoms with Crippen LogP contribution in [-0.4, -0.2) is 36.0 Å². The molecule has 1 amide bonds. The molecule has 0 spiro atoms. The molecule has 0 saturated carbocycles. The summed E-state index contributed by atoms with van der Waals surface area (Å²) in [5.41, 5.74) is 6.51. The average Bonchev–Trinajstić information content (AvgIpc) is 2.46. The fourth-order valence-electron chi connectivity index (χ4n) is 2.74. The number of amides is 1. The lowest BCUT2D eigenvalue weighted by Gasteiger charge is -2.33. The van der Waals surface area contributed by atoms with E-state index in [1.54, 1.807) is 6.33 Å². The minimum Gasteiger partial charge on any atom is -0.373 e. The third-order valence-electron chi connectivity index (χ3n) is 3.87. The van der Waals surface area contributed by atoms with Gasteiger partial charge in [-0.15, -0.1) is 0 Å². The zero-order chi connectivity index (χ0) is 14.7. The average molecular weight is 277 g/mol. The van der Waals surface area contributed by atoms with E-state index >= 15 is 0 Å². The van der Waals surface area contributed by atoms with E-state index in [0.717, 1.165) is 43.1 Å². The van der Waals surface area contributed by atoms with E-state index < -0.39 is 0 Å². The maximum atomic E-state index is 11.2. The largest absolute Gasteiger partial charge is 0.373 e. The predicted octanol–water partition coefficient (Wildman–Crippen LogP) is 1.34. The van der Waals surface area contributed by atoms with Gasteiger partial charge in [-0.1, -0.05) is 13.8 Å². The second-order valence-electron chi connectivity index (χ2n) is 5.53. The van der Waals surface area contributed by atoms with Gasteiger partial charge in [0.2, 0.25) is 5.91 Å². The second-order valence-corrected chi connectivity index (χ2v) is 5.53. The van der Waals surface area contributed by atoms with Crippen LogP contribution in [0.2, 0.25) is 0 Å². The number of piperidine rings is 1. The Hall–Kier alpha value is -1.85. The summed E-state index contributed by atoms with van der Waals surface area (Å²) in [6, 6.07) is 0. The van der Waals surface area contributed by atoms with E-state index in [4.69, 9.17) is 5.73 Å². The first-order chi connectivity index (χ1) is 9.54. The van der Waals surface area contributed by atoms with E-state index in [9.17, 15) is 4.79 Å². The normalized spacial score (nSPS) is 16.5. The number of carbonyl (C=O) groups excluding carboxylic acids is 1. The molecule has 2 rings (SSSR count). The standard InChI is InChI=1S/C14H23N5O/c1-9(2)11-13(16-3)17-8-18-14(11)19-6-4-10(5-7-19)12(15)20/h8-10H,4-7H2,1-3H3,(H2,15,20)(H,16,17,18). The molecule has 1 fully saturated rings. The van der Waals surface area contributed by atoms with Crippen molar-refractivity contribution in [2.45, 2.75) is 32.6 Å². The maximum Gasteiger partial charge on any atom is 0.220 e. The fourth-order valence-corrected chi connectivity index (χ4v) is 2.74. The summed E-state index contributed by atoms with van der Waals surface area (Å²) < 4.78 is 0. The zero-order valence-corrected chi connectivity index (χ0v) is 12.4. The van der Waals surface area contributed by atoms with Crippen molar-refractivity contribution in [2.75, 3.05) is 30.4 Å². The van der Waals surface area contributed by atoms with Gasteiger partial charge in [-0.25, -0.2) is 9.97 Å². The number of primary amides is 1. The number of nitrogens with zero attached hydrogens (tertiary/aromatic N) is 3. The third kappa shape index (κ3) is 2.84. The van der Waals surface area contributed by atoms with Crippen molar-refractivity contribution in [3.8, 4) is 0 Å². The summed E-state index contributed by atoms with van der Waals surface area (Å²) in [4.78, 5) is 22.2. The lowest BCUT2D eigenvalue weighted by Crippen LogP contribution is -2.39. The van der Waals surface area contributed by atoms with Crippen molar-refractivity contribution in [3.63, 3.8) is 0 Å². The lowest BCUT2D eigenvalue weighted by atomic mass is 9.95.